The first-order chi connectivity index (χ1) is 8.54. The van der Waals surface area contributed by atoms with Crippen LogP contribution in [0.1, 0.15) is 13.3 Å². The molecule has 0 spiro atoms. The van der Waals surface area contributed by atoms with Gasteiger partial charge in [-0.1, -0.05) is 17.7 Å². The van der Waals surface area contributed by atoms with Gasteiger partial charge in [-0.25, -0.2) is 4.39 Å². The third kappa shape index (κ3) is 4.33. The lowest BCUT2D eigenvalue weighted by atomic mass is 10.3. The Balaban J connectivity index is 2.48. The van der Waals surface area contributed by atoms with E-state index in [1.54, 1.807) is 6.92 Å². The second kappa shape index (κ2) is 6.96. The van der Waals surface area contributed by atoms with Crippen LogP contribution < -0.4 is 4.74 Å². The molecule has 0 aliphatic carbocycles. The summed E-state index contributed by atoms with van der Waals surface area (Å²) in [6.45, 7) is 1.44. The lowest BCUT2D eigenvalue weighted by Gasteiger charge is -2.07. The van der Waals surface area contributed by atoms with Crippen molar-refractivity contribution in [2.24, 2.45) is 0 Å². The number of esters is 1. The van der Waals surface area contributed by atoms with Gasteiger partial charge in [0.15, 0.2) is 17.3 Å². The topological polar surface area (TPSA) is 52.6 Å². The van der Waals surface area contributed by atoms with Crippen LogP contribution >= 0.6 is 11.6 Å². The third-order valence-corrected chi connectivity index (χ3v) is 2.24. The SMILES string of the molecule is CCOC(=O)CC(=O)COc1cccc(Cl)c1F. The van der Waals surface area contributed by atoms with Gasteiger partial charge in [-0.15, -0.1) is 0 Å². The van der Waals surface area contributed by atoms with Gasteiger partial charge < -0.3 is 9.47 Å². The van der Waals surface area contributed by atoms with Crippen LogP contribution in [0.5, 0.6) is 5.75 Å². The van der Waals surface area contributed by atoms with Crippen LogP contribution in [0.15, 0.2) is 18.2 Å². The Bertz CT molecular complexity index is 448. The number of ether oxygens (including phenoxy) is 2. The molecule has 1 aromatic carbocycles. The molecule has 0 fully saturated rings. The van der Waals surface area contributed by atoms with E-state index in [-0.39, 0.29) is 17.4 Å². The van der Waals surface area contributed by atoms with Crippen molar-refractivity contribution in [3.63, 3.8) is 0 Å². The number of benzene rings is 1. The largest absolute Gasteiger partial charge is 0.483 e. The first kappa shape index (κ1) is 14.4. The summed E-state index contributed by atoms with van der Waals surface area (Å²) in [7, 11) is 0. The highest BCUT2D eigenvalue weighted by Crippen LogP contribution is 2.23. The number of hydrogen-bond acceptors (Lipinski definition) is 4. The minimum atomic E-state index is -0.733. The molecule has 1 aromatic rings. The molecule has 0 radical (unpaired) electrons. The maximum atomic E-state index is 13.4. The van der Waals surface area contributed by atoms with Crippen LogP contribution in [0.25, 0.3) is 0 Å². The summed E-state index contributed by atoms with van der Waals surface area (Å²) in [5.41, 5.74) is 0. The fraction of sp³-hybridized carbons (Fsp3) is 0.333. The van der Waals surface area contributed by atoms with Gasteiger partial charge in [0.2, 0.25) is 0 Å². The van der Waals surface area contributed by atoms with E-state index in [0.29, 0.717) is 0 Å². The van der Waals surface area contributed by atoms with Crippen molar-refractivity contribution in [2.45, 2.75) is 13.3 Å². The molecule has 0 amide bonds. The van der Waals surface area contributed by atoms with E-state index in [9.17, 15) is 14.0 Å². The number of hydrogen-bond donors (Lipinski definition) is 0. The highest BCUT2D eigenvalue weighted by Gasteiger charge is 2.13. The first-order valence-corrected chi connectivity index (χ1v) is 5.66. The summed E-state index contributed by atoms with van der Waals surface area (Å²) < 4.78 is 22.9. The van der Waals surface area contributed by atoms with Crippen LogP contribution in [-0.2, 0) is 14.3 Å². The molecule has 0 saturated carbocycles. The fourth-order valence-electron chi connectivity index (χ4n) is 1.18. The van der Waals surface area contributed by atoms with E-state index in [1.807, 2.05) is 0 Å². The van der Waals surface area contributed by atoms with Crippen molar-refractivity contribution < 1.29 is 23.5 Å². The summed E-state index contributed by atoms with van der Waals surface area (Å²) in [5, 5.41) is -0.0923. The van der Waals surface area contributed by atoms with Crippen LogP contribution in [0.3, 0.4) is 0 Å². The van der Waals surface area contributed by atoms with Crippen molar-refractivity contribution in [1.82, 2.24) is 0 Å². The summed E-state index contributed by atoms with van der Waals surface area (Å²) in [6.07, 6.45) is -0.393. The minimum absolute atomic E-state index is 0.0923. The molecular weight excluding hydrogens is 263 g/mol. The van der Waals surface area contributed by atoms with Crippen LogP contribution in [0.4, 0.5) is 4.39 Å². The fourth-order valence-corrected chi connectivity index (χ4v) is 1.34. The molecule has 0 unspecified atom stereocenters. The zero-order chi connectivity index (χ0) is 13.5. The molecule has 0 N–H and O–H groups in total. The molecule has 0 atom stereocenters. The highest BCUT2D eigenvalue weighted by atomic mass is 35.5. The number of halogens is 2. The van der Waals surface area contributed by atoms with Gasteiger partial charge in [-0.2, -0.15) is 0 Å². The smallest absolute Gasteiger partial charge is 0.313 e. The second-order valence-corrected chi connectivity index (χ2v) is 3.77. The van der Waals surface area contributed by atoms with E-state index in [4.69, 9.17) is 16.3 Å². The third-order valence-electron chi connectivity index (χ3n) is 1.95. The van der Waals surface area contributed by atoms with Crippen molar-refractivity contribution >= 4 is 23.4 Å². The van der Waals surface area contributed by atoms with Crippen LogP contribution in [0.2, 0.25) is 5.02 Å². The molecule has 0 aliphatic heterocycles. The Kier molecular flexibility index (Phi) is 5.58. The Hall–Kier alpha value is -1.62. The molecule has 98 valence electrons. The van der Waals surface area contributed by atoms with Gasteiger partial charge in [0.25, 0.3) is 0 Å². The maximum Gasteiger partial charge on any atom is 0.313 e. The molecule has 0 aromatic heterocycles. The molecule has 6 heteroatoms. The first-order valence-electron chi connectivity index (χ1n) is 5.28. The molecule has 1 rings (SSSR count). The number of carbonyl (C=O) groups excluding carboxylic acids is 2. The summed E-state index contributed by atoms with van der Waals surface area (Å²) in [6, 6.07) is 4.21. The van der Waals surface area contributed by atoms with Crippen molar-refractivity contribution in [3.8, 4) is 5.75 Å². The number of rotatable bonds is 6. The van der Waals surface area contributed by atoms with Gasteiger partial charge in [-0.05, 0) is 19.1 Å². The van der Waals surface area contributed by atoms with E-state index in [1.165, 1.54) is 18.2 Å². The number of carbonyl (C=O) groups is 2. The van der Waals surface area contributed by atoms with Crippen molar-refractivity contribution in [1.29, 1.82) is 0 Å². The average molecular weight is 275 g/mol. The summed E-state index contributed by atoms with van der Waals surface area (Å²) >= 11 is 5.54. The zero-order valence-corrected chi connectivity index (χ0v) is 10.5. The molecular formula is C12H12ClFO4. The lowest BCUT2D eigenvalue weighted by molar-refractivity contribution is -0.145. The summed E-state index contributed by atoms with van der Waals surface area (Å²) in [5.74, 6) is -1.98. The second-order valence-electron chi connectivity index (χ2n) is 3.36. The predicted octanol–water partition coefficient (Wildman–Crippen LogP) is 2.38. The zero-order valence-electron chi connectivity index (χ0n) is 9.74. The van der Waals surface area contributed by atoms with Gasteiger partial charge in [0.1, 0.15) is 13.0 Å². The quantitative estimate of drug-likeness (QED) is 0.590. The molecule has 0 aliphatic rings. The van der Waals surface area contributed by atoms with Gasteiger partial charge in [0, 0.05) is 0 Å². The van der Waals surface area contributed by atoms with Gasteiger partial charge in [0.05, 0.1) is 11.6 Å². The molecule has 0 saturated heterocycles. The van der Waals surface area contributed by atoms with E-state index in [2.05, 4.69) is 4.74 Å². The average Bonchev–Trinajstić information content (AvgIpc) is 2.31. The van der Waals surface area contributed by atoms with E-state index in [0.717, 1.165) is 0 Å². The standard InChI is InChI=1S/C12H12ClFO4/c1-2-17-11(16)6-8(15)7-18-10-5-3-4-9(13)12(10)14/h3-5H,2,6-7H2,1H3. The molecule has 4 nitrogen and oxygen atoms in total. The Morgan fingerprint density at radius 3 is 2.78 bits per heavy atom. The molecule has 0 heterocycles. The van der Waals surface area contributed by atoms with Crippen molar-refractivity contribution in [2.75, 3.05) is 13.2 Å². The van der Waals surface area contributed by atoms with E-state index < -0.39 is 30.6 Å². The Morgan fingerprint density at radius 2 is 2.11 bits per heavy atom. The lowest BCUT2D eigenvalue weighted by Crippen LogP contribution is -2.17. The Labute approximate surface area is 109 Å². The normalized spacial score (nSPS) is 9.94. The number of Topliss-reactive ketones (excluding diaryl/α,β-unsaturated/α-hetero) is 1. The van der Waals surface area contributed by atoms with E-state index >= 15 is 0 Å². The molecule has 0 bridgehead atoms. The molecule has 18 heavy (non-hydrogen) atoms. The predicted molar refractivity (Wildman–Crippen MR) is 63.2 cm³/mol. The minimum Gasteiger partial charge on any atom is -0.483 e. The van der Waals surface area contributed by atoms with Gasteiger partial charge in [-0.3, -0.25) is 9.59 Å². The van der Waals surface area contributed by atoms with Gasteiger partial charge >= 0.3 is 5.97 Å². The summed E-state index contributed by atoms with van der Waals surface area (Å²) in [4.78, 5) is 22.3. The van der Waals surface area contributed by atoms with Crippen LogP contribution in [0, 0.1) is 5.82 Å². The monoisotopic (exact) mass is 274 g/mol. The highest BCUT2D eigenvalue weighted by molar-refractivity contribution is 6.30. The Morgan fingerprint density at radius 1 is 1.39 bits per heavy atom. The maximum absolute atomic E-state index is 13.4. The van der Waals surface area contributed by atoms with Crippen LogP contribution in [-0.4, -0.2) is 25.0 Å². The van der Waals surface area contributed by atoms with Crippen molar-refractivity contribution in [3.05, 3.63) is 29.0 Å². The number of ketones is 1.